The third-order valence-electron chi connectivity index (χ3n) is 11.8. The van der Waals surface area contributed by atoms with E-state index in [0.717, 1.165) is 55.4 Å². The van der Waals surface area contributed by atoms with E-state index in [4.69, 9.17) is 8.83 Å². The van der Waals surface area contributed by atoms with Crippen molar-refractivity contribution in [3.8, 4) is 22.3 Å². The van der Waals surface area contributed by atoms with E-state index in [1.807, 2.05) is 11.3 Å². The minimum absolute atomic E-state index is 0.919. The fourth-order valence-corrected chi connectivity index (χ4v) is 10.3. The van der Waals surface area contributed by atoms with Gasteiger partial charge in [-0.05, 0) is 103 Å². The molecule has 254 valence electrons. The van der Waals surface area contributed by atoms with Crippen LogP contribution in [-0.2, 0) is 0 Å². The second-order valence-corrected chi connectivity index (χ2v) is 15.9. The second-order valence-electron chi connectivity index (χ2n) is 14.8. The summed E-state index contributed by atoms with van der Waals surface area (Å²) in [5.74, 6) is 0. The molecule has 0 radical (unpaired) electrons. The van der Waals surface area contributed by atoms with Crippen molar-refractivity contribution in [1.82, 2.24) is 0 Å². The molecule has 13 rings (SSSR count). The summed E-state index contributed by atoms with van der Waals surface area (Å²) in [7, 11) is 0. The van der Waals surface area contributed by atoms with Crippen molar-refractivity contribution in [2.75, 3.05) is 0 Å². The first-order chi connectivity index (χ1) is 27.2. The van der Waals surface area contributed by atoms with Gasteiger partial charge in [-0.3, -0.25) is 0 Å². The number of hydrogen-bond donors (Lipinski definition) is 0. The van der Waals surface area contributed by atoms with Crippen LogP contribution < -0.4 is 0 Å². The highest BCUT2D eigenvalue weighted by molar-refractivity contribution is 7.25. The zero-order valence-electron chi connectivity index (χ0n) is 29.4. The Kier molecular flexibility index (Phi) is 5.80. The molecule has 0 amide bonds. The molecule has 55 heavy (non-hydrogen) atoms. The van der Waals surface area contributed by atoms with E-state index in [-0.39, 0.29) is 0 Å². The maximum absolute atomic E-state index is 6.79. The molecule has 0 N–H and O–H groups in total. The van der Waals surface area contributed by atoms with Crippen molar-refractivity contribution in [3.05, 3.63) is 170 Å². The van der Waals surface area contributed by atoms with Gasteiger partial charge in [-0.15, -0.1) is 11.3 Å². The lowest BCUT2D eigenvalue weighted by atomic mass is 9.94. The van der Waals surface area contributed by atoms with Crippen LogP contribution in [0.4, 0.5) is 0 Å². The molecule has 2 nitrogen and oxygen atoms in total. The molecular formula is C52H28O2S. The fourth-order valence-electron chi connectivity index (χ4n) is 9.16. The average molecular weight is 717 g/mol. The lowest BCUT2D eigenvalue weighted by molar-refractivity contribution is 0.670. The van der Waals surface area contributed by atoms with Crippen LogP contribution in [0.3, 0.4) is 0 Å². The van der Waals surface area contributed by atoms with Crippen LogP contribution in [0.1, 0.15) is 0 Å². The number of hydrogen-bond acceptors (Lipinski definition) is 3. The van der Waals surface area contributed by atoms with E-state index in [1.54, 1.807) is 0 Å². The van der Waals surface area contributed by atoms with Crippen LogP contribution >= 0.6 is 11.3 Å². The highest BCUT2D eigenvalue weighted by Crippen LogP contribution is 2.46. The van der Waals surface area contributed by atoms with Gasteiger partial charge in [0.2, 0.25) is 0 Å². The molecule has 0 saturated heterocycles. The zero-order chi connectivity index (χ0) is 35.8. The van der Waals surface area contributed by atoms with E-state index in [9.17, 15) is 0 Å². The maximum Gasteiger partial charge on any atom is 0.143 e. The monoisotopic (exact) mass is 716 g/mol. The summed E-state index contributed by atoms with van der Waals surface area (Å²) in [6, 6.07) is 61.8. The Labute approximate surface area is 318 Å². The first-order valence-corrected chi connectivity index (χ1v) is 19.5. The van der Waals surface area contributed by atoms with Gasteiger partial charge in [0.05, 0.1) is 0 Å². The Morgan fingerprint density at radius 3 is 1.16 bits per heavy atom. The van der Waals surface area contributed by atoms with Gasteiger partial charge in [0.1, 0.15) is 22.3 Å². The Balaban J connectivity index is 1.01. The molecule has 0 fully saturated rings. The molecular weight excluding hydrogens is 689 g/mol. The number of thiophene rings is 1. The summed E-state index contributed by atoms with van der Waals surface area (Å²) in [4.78, 5) is 0. The van der Waals surface area contributed by atoms with Crippen molar-refractivity contribution < 1.29 is 8.83 Å². The van der Waals surface area contributed by atoms with Crippen LogP contribution in [0.5, 0.6) is 0 Å². The summed E-state index contributed by atoms with van der Waals surface area (Å²) < 4.78 is 16.1. The van der Waals surface area contributed by atoms with E-state index in [2.05, 4.69) is 170 Å². The number of fused-ring (bicyclic) bond motifs is 15. The zero-order valence-corrected chi connectivity index (χ0v) is 30.2. The molecule has 13 aromatic rings. The van der Waals surface area contributed by atoms with Crippen LogP contribution in [0.15, 0.2) is 179 Å². The molecule has 10 aromatic carbocycles. The van der Waals surface area contributed by atoms with E-state index in [1.165, 1.54) is 74.0 Å². The third kappa shape index (κ3) is 4.19. The van der Waals surface area contributed by atoms with Gasteiger partial charge in [-0.25, -0.2) is 0 Å². The average Bonchev–Trinajstić information content (AvgIpc) is 3.92. The number of rotatable bonds is 2. The standard InChI is InChI=1S/C52H28O2S/c1-3-11-31-25-45-43(21-29(31)9-1)49-37-15-7-5-13-33(37)23-41(51(49)53-45)35-17-19-39-40-20-18-36(28-48(40)55-47(39)27-35)42-24-34-14-6-8-16-38(34)50-44-22-30-10-2-4-12-32(30)26-46(44)54-52(42)50/h1-28H. The van der Waals surface area contributed by atoms with Crippen molar-refractivity contribution >= 4 is 118 Å². The predicted octanol–water partition coefficient (Wildman–Crippen LogP) is 15.8. The second kappa shape index (κ2) is 10.8. The molecule has 3 aromatic heterocycles. The highest BCUT2D eigenvalue weighted by Gasteiger charge is 2.20. The van der Waals surface area contributed by atoms with Crippen LogP contribution in [0.2, 0.25) is 0 Å². The van der Waals surface area contributed by atoms with E-state index >= 15 is 0 Å². The molecule has 0 bridgehead atoms. The van der Waals surface area contributed by atoms with Gasteiger partial charge < -0.3 is 8.83 Å². The summed E-state index contributed by atoms with van der Waals surface area (Å²) in [5, 5.41) is 16.9. The number of furan rings is 2. The van der Waals surface area contributed by atoms with Crippen molar-refractivity contribution in [3.63, 3.8) is 0 Å². The molecule has 3 heterocycles. The van der Waals surface area contributed by atoms with Crippen molar-refractivity contribution in [2.24, 2.45) is 0 Å². The predicted molar refractivity (Wildman–Crippen MR) is 235 cm³/mol. The van der Waals surface area contributed by atoms with E-state index in [0.29, 0.717) is 0 Å². The van der Waals surface area contributed by atoms with E-state index < -0.39 is 0 Å². The molecule has 3 heteroatoms. The normalized spacial score (nSPS) is 12.4. The Morgan fingerprint density at radius 1 is 0.309 bits per heavy atom. The molecule has 0 saturated carbocycles. The Morgan fingerprint density at radius 2 is 0.709 bits per heavy atom. The van der Waals surface area contributed by atoms with Crippen LogP contribution in [-0.4, -0.2) is 0 Å². The third-order valence-corrected chi connectivity index (χ3v) is 12.9. The van der Waals surface area contributed by atoms with Crippen LogP contribution in [0, 0.1) is 0 Å². The lowest BCUT2D eigenvalue weighted by Gasteiger charge is -2.08. The molecule has 0 unspecified atom stereocenters. The first kappa shape index (κ1) is 29.5. The molecule has 0 atom stereocenters. The van der Waals surface area contributed by atoms with Gasteiger partial charge in [0.25, 0.3) is 0 Å². The van der Waals surface area contributed by atoms with Crippen molar-refractivity contribution in [1.29, 1.82) is 0 Å². The molecule has 0 aliphatic carbocycles. The summed E-state index contributed by atoms with van der Waals surface area (Å²) >= 11 is 1.85. The highest BCUT2D eigenvalue weighted by atomic mass is 32.1. The summed E-state index contributed by atoms with van der Waals surface area (Å²) in [5.41, 5.74) is 8.26. The largest absolute Gasteiger partial charge is 0.455 e. The number of benzene rings is 10. The van der Waals surface area contributed by atoms with Gasteiger partial charge in [-0.1, -0.05) is 121 Å². The van der Waals surface area contributed by atoms with Gasteiger partial charge in [0, 0.05) is 52.8 Å². The summed E-state index contributed by atoms with van der Waals surface area (Å²) in [6.45, 7) is 0. The lowest BCUT2D eigenvalue weighted by Crippen LogP contribution is -1.83. The fraction of sp³-hybridized carbons (Fsp3) is 0. The first-order valence-electron chi connectivity index (χ1n) is 18.7. The quantitative estimate of drug-likeness (QED) is 0.178. The van der Waals surface area contributed by atoms with Gasteiger partial charge in [0.15, 0.2) is 0 Å². The Hall–Kier alpha value is -6.94. The van der Waals surface area contributed by atoms with Gasteiger partial charge >= 0.3 is 0 Å². The smallest absolute Gasteiger partial charge is 0.143 e. The maximum atomic E-state index is 6.79. The minimum Gasteiger partial charge on any atom is -0.455 e. The van der Waals surface area contributed by atoms with Crippen molar-refractivity contribution in [2.45, 2.75) is 0 Å². The molecule has 0 aliphatic rings. The van der Waals surface area contributed by atoms with Gasteiger partial charge in [-0.2, -0.15) is 0 Å². The summed E-state index contributed by atoms with van der Waals surface area (Å²) in [6.07, 6.45) is 0. The topological polar surface area (TPSA) is 26.3 Å². The minimum atomic E-state index is 0.919. The van der Waals surface area contributed by atoms with Crippen LogP contribution in [0.25, 0.3) is 129 Å². The molecule has 0 aliphatic heterocycles. The molecule has 0 spiro atoms. The SMILES string of the molecule is c1ccc2cc3c(cc2c1)oc1c(-c2ccc4c(c2)sc2cc(-c5cc6ccccc6c6c5oc5cc7ccccc7cc56)ccc24)cc2ccccc2c13. The Bertz CT molecular complexity index is 3530.